The van der Waals surface area contributed by atoms with E-state index in [0.29, 0.717) is 11.6 Å². The first-order chi connectivity index (χ1) is 12.8. The number of anilines is 1. The van der Waals surface area contributed by atoms with E-state index in [4.69, 9.17) is 0 Å². The molecule has 0 unspecified atom stereocenters. The Balaban J connectivity index is 1.72. The lowest BCUT2D eigenvalue weighted by atomic mass is 9.67. The predicted octanol–water partition coefficient (Wildman–Crippen LogP) is 3.50. The Labute approximate surface area is 160 Å². The van der Waals surface area contributed by atoms with Crippen LogP contribution in [0.25, 0.3) is 0 Å². The summed E-state index contributed by atoms with van der Waals surface area (Å²) in [6.07, 6.45) is 2.86. The molecule has 2 fully saturated rings. The standard InChI is InChI=1S/C21H29N3O3/c1-13(2)16-9-6-10-17(11-16)22-18(25)12-24-19(26)21(23-20(24)27)14(3)7-5-8-15(21)4/h6,9-11,13-15H,5,7-8,12H2,1-4H3,(H,22,25)(H,23,27)/t14-,15-/m0/s1. The van der Waals surface area contributed by atoms with Crippen LogP contribution < -0.4 is 10.6 Å². The van der Waals surface area contributed by atoms with Crippen molar-refractivity contribution in [3.05, 3.63) is 29.8 Å². The zero-order valence-corrected chi connectivity index (χ0v) is 16.5. The van der Waals surface area contributed by atoms with Gasteiger partial charge in [-0.2, -0.15) is 0 Å². The van der Waals surface area contributed by atoms with Crippen LogP contribution in [0.4, 0.5) is 10.5 Å². The highest BCUT2D eigenvalue weighted by molar-refractivity contribution is 6.10. The molecule has 1 saturated heterocycles. The molecular formula is C21H29N3O3. The Bertz CT molecular complexity index is 749. The van der Waals surface area contributed by atoms with Crippen molar-refractivity contribution in [2.75, 3.05) is 11.9 Å². The van der Waals surface area contributed by atoms with E-state index in [1.54, 1.807) is 0 Å². The molecule has 27 heavy (non-hydrogen) atoms. The molecule has 146 valence electrons. The molecule has 1 aliphatic carbocycles. The van der Waals surface area contributed by atoms with Crippen LogP contribution in [0, 0.1) is 11.8 Å². The molecule has 1 heterocycles. The quantitative estimate of drug-likeness (QED) is 0.795. The number of hydrogen-bond donors (Lipinski definition) is 2. The van der Waals surface area contributed by atoms with E-state index in [-0.39, 0.29) is 30.2 Å². The maximum Gasteiger partial charge on any atom is 0.325 e. The molecule has 0 aromatic heterocycles. The molecule has 4 amide bonds. The molecule has 6 heteroatoms. The molecule has 0 radical (unpaired) electrons. The van der Waals surface area contributed by atoms with Crippen LogP contribution in [-0.2, 0) is 9.59 Å². The summed E-state index contributed by atoms with van der Waals surface area (Å²) in [5.41, 5.74) is 0.923. The van der Waals surface area contributed by atoms with E-state index in [1.807, 2.05) is 38.1 Å². The number of urea groups is 1. The summed E-state index contributed by atoms with van der Waals surface area (Å²) in [7, 11) is 0. The Kier molecular flexibility index (Phi) is 5.27. The average Bonchev–Trinajstić information content (AvgIpc) is 2.86. The van der Waals surface area contributed by atoms with Gasteiger partial charge in [-0.3, -0.25) is 14.5 Å². The molecule has 1 saturated carbocycles. The zero-order valence-electron chi connectivity index (χ0n) is 16.5. The Morgan fingerprint density at radius 3 is 2.56 bits per heavy atom. The van der Waals surface area contributed by atoms with E-state index in [1.165, 1.54) is 0 Å². The first kappa shape index (κ1) is 19.4. The van der Waals surface area contributed by atoms with Crippen LogP contribution in [0.3, 0.4) is 0 Å². The van der Waals surface area contributed by atoms with Gasteiger partial charge in [-0.15, -0.1) is 0 Å². The second-order valence-electron chi connectivity index (χ2n) is 8.25. The maximum absolute atomic E-state index is 13.1. The number of hydrogen-bond acceptors (Lipinski definition) is 3. The van der Waals surface area contributed by atoms with Crippen molar-refractivity contribution < 1.29 is 14.4 Å². The number of amides is 4. The third kappa shape index (κ3) is 3.45. The highest BCUT2D eigenvalue weighted by Gasteiger charge is 2.58. The van der Waals surface area contributed by atoms with Gasteiger partial charge < -0.3 is 10.6 Å². The highest BCUT2D eigenvalue weighted by atomic mass is 16.2. The highest BCUT2D eigenvalue weighted by Crippen LogP contribution is 2.42. The van der Waals surface area contributed by atoms with Gasteiger partial charge >= 0.3 is 6.03 Å². The van der Waals surface area contributed by atoms with Crippen molar-refractivity contribution in [3.8, 4) is 0 Å². The SMILES string of the molecule is CC(C)c1cccc(NC(=O)CN2C(=O)NC3(C2=O)[C@@H](C)CCC[C@@H]3C)c1. The predicted molar refractivity (Wildman–Crippen MR) is 104 cm³/mol. The van der Waals surface area contributed by atoms with Crippen LogP contribution in [0.15, 0.2) is 24.3 Å². The summed E-state index contributed by atoms with van der Waals surface area (Å²) in [6.45, 7) is 7.92. The van der Waals surface area contributed by atoms with Gasteiger partial charge in [0.15, 0.2) is 0 Å². The summed E-state index contributed by atoms with van der Waals surface area (Å²) in [6, 6.07) is 7.16. The minimum atomic E-state index is -0.868. The number of rotatable bonds is 4. The summed E-state index contributed by atoms with van der Waals surface area (Å²) in [5, 5.41) is 5.73. The Hall–Kier alpha value is -2.37. The number of nitrogens with zero attached hydrogens (tertiary/aromatic N) is 1. The van der Waals surface area contributed by atoms with Gasteiger partial charge in [0.1, 0.15) is 12.1 Å². The molecular weight excluding hydrogens is 342 g/mol. The van der Waals surface area contributed by atoms with E-state index in [2.05, 4.69) is 24.5 Å². The summed E-state index contributed by atoms with van der Waals surface area (Å²) in [4.78, 5) is 39.2. The number of benzene rings is 1. The van der Waals surface area contributed by atoms with Gasteiger partial charge in [0.2, 0.25) is 5.91 Å². The molecule has 2 atom stereocenters. The molecule has 6 nitrogen and oxygen atoms in total. The third-order valence-corrected chi connectivity index (χ3v) is 6.13. The van der Waals surface area contributed by atoms with Crippen LogP contribution in [0.1, 0.15) is 58.4 Å². The van der Waals surface area contributed by atoms with Crippen molar-refractivity contribution in [1.82, 2.24) is 10.2 Å². The zero-order chi connectivity index (χ0) is 19.8. The van der Waals surface area contributed by atoms with Gasteiger partial charge in [0.05, 0.1) is 0 Å². The molecule has 2 N–H and O–H groups in total. The van der Waals surface area contributed by atoms with Gasteiger partial charge in [-0.25, -0.2) is 4.79 Å². The van der Waals surface area contributed by atoms with Crippen LogP contribution in [0.2, 0.25) is 0 Å². The Morgan fingerprint density at radius 2 is 1.93 bits per heavy atom. The van der Waals surface area contributed by atoms with Gasteiger partial charge in [-0.1, -0.05) is 46.2 Å². The number of carbonyl (C=O) groups is 3. The first-order valence-electron chi connectivity index (χ1n) is 9.79. The van der Waals surface area contributed by atoms with Crippen molar-refractivity contribution in [1.29, 1.82) is 0 Å². The van der Waals surface area contributed by atoms with Crippen molar-refractivity contribution in [3.63, 3.8) is 0 Å². The summed E-state index contributed by atoms with van der Waals surface area (Å²) < 4.78 is 0. The largest absolute Gasteiger partial charge is 0.325 e. The maximum atomic E-state index is 13.1. The normalized spacial score (nSPS) is 24.4. The lowest BCUT2D eigenvalue weighted by Crippen LogP contribution is -2.59. The fourth-order valence-electron chi connectivity index (χ4n) is 4.42. The van der Waals surface area contributed by atoms with Gasteiger partial charge in [-0.05, 0) is 48.3 Å². The van der Waals surface area contributed by atoms with Gasteiger partial charge in [0.25, 0.3) is 5.91 Å². The minimum Gasteiger partial charge on any atom is -0.325 e. The van der Waals surface area contributed by atoms with E-state index >= 15 is 0 Å². The lowest BCUT2D eigenvalue weighted by molar-refractivity contribution is -0.138. The van der Waals surface area contributed by atoms with E-state index in [0.717, 1.165) is 29.7 Å². The summed E-state index contributed by atoms with van der Waals surface area (Å²) in [5.74, 6) is -0.158. The van der Waals surface area contributed by atoms with Crippen LogP contribution in [0.5, 0.6) is 0 Å². The monoisotopic (exact) mass is 371 g/mol. The van der Waals surface area contributed by atoms with Crippen molar-refractivity contribution in [2.45, 2.75) is 58.4 Å². The Morgan fingerprint density at radius 1 is 1.26 bits per heavy atom. The minimum absolute atomic E-state index is 0.0634. The van der Waals surface area contributed by atoms with E-state index < -0.39 is 11.6 Å². The molecule has 1 aromatic rings. The fourth-order valence-corrected chi connectivity index (χ4v) is 4.42. The molecule has 0 bridgehead atoms. The van der Waals surface area contributed by atoms with Gasteiger partial charge in [0, 0.05) is 5.69 Å². The van der Waals surface area contributed by atoms with Crippen molar-refractivity contribution in [2.24, 2.45) is 11.8 Å². The molecule has 1 aromatic carbocycles. The number of nitrogens with one attached hydrogen (secondary N) is 2. The van der Waals surface area contributed by atoms with Crippen molar-refractivity contribution >= 4 is 23.5 Å². The molecule has 1 aliphatic heterocycles. The van der Waals surface area contributed by atoms with Crippen LogP contribution in [-0.4, -0.2) is 34.8 Å². The molecule has 3 rings (SSSR count). The number of imide groups is 1. The lowest BCUT2D eigenvalue weighted by Gasteiger charge is -2.42. The van der Waals surface area contributed by atoms with Crippen LogP contribution >= 0.6 is 0 Å². The topological polar surface area (TPSA) is 78.5 Å². The first-order valence-corrected chi connectivity index (χ1v) is 9.79. The second-order valence-corrected chi connectivity index (χ2v) is 8.25. The summed E-state index contributed by atoms with van der Waals surface area (Å²) >= 11 is 0. The molecule has 2 aliphatic rings. The third-order valence-electron chi connectivity index (χ3n) is 6.13. The fraction of sp³-hybridized carbons (Fsp3) is 0.571. The number of carbonyl (C=O) groups excluding carboxylic acids is 3. The smallest absolute Gasteiger partial charge is 0.325 e. The second kappa shape index (κ2) is 7.33. The van der Waals surface area contributed by atoms with E-state index in [9.17, 15) is 14.4 Å². The average molecular weight is 371 g/mol. The molecule has 1 spiro atoms.